The molecule has 0 aliphatic heterocycles. The molecule has 4 nitrogen and oxygen atoms in total. The fourth-order valence-corrected chi connectivity index (χ4v) is 2.42. The van der Waals surface area contributed by atoms with Gasteiger partial charge in [-0.3, -0.25) is 5.10 Å². The lowest BCUT2D eigenvalue weighted by Gasteiger charge is -1.95. The van der Waals surface area contributed by atoms with Gasteiger partial charge in [-0.25, -0.2) is 0 Å². The van der Waals surface area contributed by atoms with Gasteiger partial charge in [0, 0.05) is 23.1 Å². The maximum atomic E-state index is 5.95. The van der Waals surface area contributed by atoms with Crippen LogP contribution in [0.2, 0.25) is 0 Å². The minimum Gasteiger partial charge on any atom is -0.454 e. The Hall–Kier alpha value is -2.07. The number of hydrogen-bond acceptors (Lipinski definition) is 3. The predicted octanol–water partition coefficient (Wildman–Crippen LogP) is 2.89. The number of H-pyrrole nitrogens is 1. The van der Waals surface area contributed by atoms with Crippen LogP contribution in [0.15, 0.2) is 34.7 Å². The summed E-state index contributed by atoms with van der Waals surface area (Å²) >= 11 is 0. The van der Waals surface area contributed by atoms with Gasteiger partial charge in [-0.2, -0.15) is 5.10 Å². The zero-order chi connectivity index (χ0) is 13.2. The Morgan fingerprint density at radius 2 is 2.16 bits per heavy atom. The smallest absolute Gasteiger partial charge is 0.158 e. The molecular formula is C15H17N3O. The number of aromatic amines is 1. The van der Waals surface area contributed by atoms with Gasteiger partial charge in [0.15, 0.2) is 5.76 Å². The van der Waals surface area contributed by atoms with Crippen molar-refractivity contribution in [3.63, 3.8) is 0 Å². The molecule has 0 fully saturated rings. The standard InChI is InChI=1S/C15H17N3O/c1-2-11-12-5-3-4-6-14(12)19-15(11)13-9-10(7-8-16)17-18-13/h3-6,9H,2,7-8,16H2,1H3,(H,17,18). The molecule has 19 heavy (non-hydrogen) atoms. The molecule has 0 aliphatic carbocycles. The van der Waals surface area contributed by atoms with Crippen LogP contribution in [0.4, 0.5) is 0 Å². The van der Waals surface area contributed by atoms with Crippen molar-refractivity contribution in [2.24, 2.45) is 5.73 Å². The van der Waals surface area contributed by atoms with Crippen molar-refractivity contribution in [2.75, 3.05) is 6.54 Å². The molecule has 1 aromatic carbocycles. The number of nitrogens with one attached hydrogen (secondary N) is 1. The maximum absolute atomic E-state index is 5.95. The van der Waals surface area contributed by atoms with Crippen molar-refractivity contribution in [2.45, 2.75) is 19.8 Å². The summed E-state index contributed by atoms with van der Waals surface area (Å²) in [6.45, 7) is 2.75. The molecule has 0 saturated heterocycles. The number of benzene rings is 1. The monoisotopic (exact) mass is 255 g/mol. The van der Waals surface area contributed by atoms with Gasteiger partial charge >= 0.3 is 0 Å². The second-order valence-electron chi connectivity index (χ2n) is 4.58. The molecule has 2 aromatic heterocycles. The third-order valence-corrected chi connectivity index (χ3v) is 3.33. The van der Waals surface area contributed by atoms with E-state index in [1.165, 1.54) is 10.9 Å². The molecule has 0 aliphatic rings. The van der Waals surface area contributed by atoms with Crippen LogP contribution in [-0.4, -0.2) is 16.7 Å². The highest BCUT2D eigenvalue weighted by molar-refractivity contribution is 5.87. The Morgan fingerprint density at radius 3 is 2.95 bits per heavy atom. The molecule has 2 heterocycles. The Labute approximate surface area is 111 Å². The summed E-state index contributed by atoms with van der Waals surface area (Å²) in [5.74, 6) is 0.864. The van der Waals surface area contributed by atoms with Crippen LogP contribution in [0.1, 0.15) is 18.2 Å². The van der Waals surface area contributed by atoms with Crippen LogP contribution < -0.4 is 5.73 Å². The summed E-state index contributed by atoms with van der Waals surface area (Å²) in [6.07, 6.45) is 1.72. The van der Waals surface area contributed by atoms with Crippen molar-refractivity contribution in [1.82, 2.24) is 10.2 Å². The first kappa shape index (κ1) is 12.0. The van der Waals surface area contributed by atoms with Gasteiger partial charge in [-0.15, -0.1) is 0 Å². The fourth-order valence-electron chi connectivity index (χ4n) is 2.42. The van der Waals surface area contributed by atoms with Gasteiger partial charge in [-0.05, 0) is 25.1 Å². The van der Waals surface area contributed by atoms with E-state index in [-0.39, 0.29) is 0 Å². The first-order valence-corrected chi connectivity index (χ1v) is 6.58. The number of hydrogen-bond donors (Lipinski definition) is 2. The molecule has 0 saturated carbocycles. The zero-order valence-corrected chi connectivity index (χ0v) is 10.9. The molecule has 3 aromatic rings. The van der Waals surface area contributed by atoms with Gasteiger partial charge in [0.25, 0.3) is 0 Å². The lowest BCUT2D eigenvalue weighted by molar-refractivity contribution is 0.624. The predicted molar refractivity (Wildman–Crippen MR) is 75.9 cm³/mol. The molecule has 0 atom stereocenters. The van der Waals surface area contributed by atoms with Gasteiger partial charge < -0.3 is 10.2 Å². The average Bonchev–Trinajstić information content (AvgIpc) is 3.02. The molecule has 0 bridgehead atoms. The Balaban J connectivity index is 2.12. The maximum Gasteiger partial charge on any atom is 0.158 e. The van der Waals surface area contributed by atoms with Crippen LogP contribution in [-0.2, 0) is 12.8 Å². The topological polar surface area (TPSA) is 67.8 Å². The molecule has 3 rings (SSSR count). The Bertz CT molecular complexity index is 696. The molecule has 0 amide bonds. The van der Waals surface area contributed by atoms with Crippen LogP contribution in [0, 0.1) is 0 Å². The van der Waals surface area contributed by atoms with E-state index in [9.17, 15) is 0 Å². The van der Waals surface area contributed by atoms with E-state index in [1.807, 2.05) is 24.3 Å². The zero-order valence-electron chi connectivity index (χ0n) is 10.9. The molecule has 0 unspecified atom stereocenters. The van der Waals surface area contributed by atoms with E-state index in [2.05, 4.69) is 23.2 Å². The number of fused-ring (bicyclic) bond motifs is 1. The summed E-state index contributed by atoms with van der Waals surface area (Å²) in [4.78, 5) is 0. The van der Waals surface area contributed by atoms with E-state index in [4.69, 9.17) is 10.2 Å². The molecule has 0 spiro atoms. The SMILES string of the molecule is CCc1c(-c2cc(CCN)[nH]n2)oc2ccccc12. The fraction of sp³-hybridized carbons (Fsp3) is 0.267. The van der Waals surface area contributed by atoms with E-state index in [1.54, 1.807) is 0 Å². The summed E-state index contributed by atoms with van der Waals surface area (Å²) in [6, 6.07) is 10.1. The van der Waals surface area contributed by atoms with Gasteiger partial charge in [0.2, 0.25) is 0 Å². The summed E-state index contributed by atoms with van der Waals surface area (Å²) in [5, 5.41) is 8.52. The second kappa shape index (κ2) is 4.90. The quantitative estimate of drug-likeness (QED) is 0.753. The van der Waals surface area contributed by atoms with Crippen LogP contribution in [0.5, 0.6) is 0 Å². The van der Waals surface area contributed by atoms with Crippen molar-refractivity contribution >= 4 is 11.0 Å². The number of furan rings is 1. The highest BCUT2D eigenvalue weighted by atomic mass is 16.3. The Kier molecular flexibility index (Phi) is 3.09. The number of rotatable bonds is 4. The van der Waals surface area contributed by atoms with Crippen molar-refractivity contribution < 1.29 is 4.42 Å². The molecule has 0 radical (unpaired) electrons. The van der Waals surface area contributed by atoms with Crippen molar-refractivity contribution in [3.05, 3.63) is 41.6 Å². The van der Waals surface area contributed by atoms with E-state index >= 15 is 0 Å². The highest BCUT2D eigenvalue weighted by Gasteiger charge is 2.16. The molecular weight excluding hydrogens is 238 g/mol. The summed E-state index contributed by atoms with van der Waals surface area (Å²) < 4.78 is 5.95. The van der Waals surface area contributed by atoms with Gasteiger partial charge in [-0.1, -0.05) is 25.1 Å². The lowest BCUT2D eigenvalue weighted by atomic mass is 10.1. The van der Waals surface area contributed by atoms with Crippen LogP contribution in [0.25, 0.3) is 22.4 Å². The first-order chi connectivity index (χ1) is 9.33. The molecule has 4 heteroatoms. The summed E-state index contributed by atoms with van der Waals surface area (Å²) in [7, 11) is 0. The second-order valence-corrected chi connectivity index (χ2v) is 4.58. The number of nitrogens with two attached hydrogens (primary N) is 1. The highest BCUT2D eigenvalue weighted by Crippen LogP contribution is 2.33. The van der Waals surface area contributed by atoms with Crippen molar-refractivity contribution in [3.8, 4) is 11.5 Å². The third-order valence-electron chi connectivity index (χ3n) is 3.33. The molecule has 3 N–H and O–H groups in total. The van der Waals surface area contributed by atoms with Crippen LogP contribution >= 0.6 is 0 Å². The van der Waals surface area contributed by atoms with Gasteiger partial charge in [0.1, 0.15) is 11.3 Å². The number of para-hydroxylation sites is 1. The van der Waals surface area contributed by atoms with Crippen molar-refractivity contribution in [1.29, 1.82) is 0 Å². The summed E-state index contributed by atoms with van der Waals surface area (Å²) in [5.41, 5.74) is 9.58. The molecule has 98 valence electrons. The Morgan fingerprint density at radius 1 is 1.32 bits per heavy atom. The number of aryl methyl sites for hydroxylation is 1. The number of aromatic nitrogens is 2. The minimum absolute atomic E-state index is 0.613. The minimum atomic E-state index is 0.613. The normalized spacial score (nSPS) is 11.3. The first-order valence-electron chi connectivity index (χ1n) is 6.58. The van der Waals surface area contributed by atoms with Gasteiger partial charge in [0.05, 0.1) is 0 Å². The lowest BCUT2D eigenvalue weighted by Crippen LogP contribution is -2.02. The third kappa shape index (κ3) is 2.04. The van der Waals surface area contributed by atoms with E-state index in [0.29, 0.717) is 6.54 Å². The largest absolute Gasteiger partial charge is 0.454 e. The van der Waals surface area contributed by atoms with Crippen LogP contribution in [0.3, 0.4) is 0 Å². The number of nitrogens with zero attached hydrogens (tertiary/aromatic N) is 1. The van der Waals surface area contributed by atoms with E-state index in [0.717, 1.165) is 35.6 Å². The average molecular weight is 255 g/mol. The van der Waals surface area contributed by atoms with E-state index < -0.39 is 0 Å².